The van der Waals surface area contributed by atoms with Gasteiger partial charge < -0.3 is 15.8 Å². The Morgan fingerprint density at radius 3 is 2.53 bits per heavy atom. The summed E-state index contributed by atoms with van der Waals surface area (Å²) < 4.78 is 5.13. The van der Waals surface area contributed by atoms with Crippen LogP contribution < -0.4 is 11.1 Å². The lowest BCUT2D eigenvalue weighted by Gasteiger charge is -2.05. The Morgan fingerprint density at radius 2 is 2.00 bits per heavy atom. The van der Waals surface area contributed by atoms with Gasteiger partial charge in [0.15, 0.2) is 0 Å². The highest BCUT2D eigenvalue weighted by Gasteiger charge is 2.03. The van der Waals surface area contributed by atoms with Gasteiger partial charge in [-0.15, -0.1) is 12.4 Å². The Bertz CT molecular complexity index is 328. The van der Waals surface area contributed by atoms with E-state index in [-0.39, 0.29) is 18.3 Å². The number of nitrogens with two attached hydrogens (primary N) is 1. The first-order valence-corrected chi connectivity index (χ1v) is 5.43. The number of carbonyl (C=O) groups excluding carboxylic acids is 1. The zero-order valence-corrected chi connectivity index (χ0v) is 10.8. The summed E-state index contributed by atoms with van der Waals surface area (Å²) in [7, 11) is 0. The number of carbonyl (C=O) groups is 1. The van der Waals surface area contributed by atoms with Crippen LogP contribution in [-0.4, -0.2) is 25.7 Å². The first-order valence-electron chi connectivity index (χ1n) is 5.43. The van der Waals surface area contributed by atoms with Gasteiger partial charge in [0.1, 0.15) is 0 Å². The fourth-order valence-corrected chi connectivity index (χ4v) is 1.28. The quantitative estimate of drug-likeness (QED) is 0.757. The molecule has 1 rings (SSSR count). The molecule has 0 fully saturated rings. The zero-order chi connectivity index (χ0) is 11.8. The lowest BCUT2D eigenvalue weighted by Crippen LogP contribution is -2.27. The summed E-state index contributed by atoms with van der Waals surface area (Å²) >= 11 is 0. The van der Waals surface area contributed by atoms with Crippen LogP contribution in [0.15, 0.2) is 24.3 Å². The van der Waals surface area contributed by atoms with E-state index < -0.39 is 0 Å². The van der Waals surface area contributed by atoms with E-state index in [0.717, 1.165) is 5.56 Å². The average Bonchev–Trinajstić information content (AvgIpc) is 2.34. The minimum atomic E-state index is -0.0803. The van der Waals surface area contributed by atoms with Crippen molar-refractivity contribution in [3.8, 4) is 0 Å². The predicted octanol–water partition coefficient (Wildman–Crippen LogP) is 1.33. The number of halogens is 1. The number of hydrogen-bond acceptors (Lipinski definition) is 3. The van der Waals surface area contributed by atoms with E-state index in [1.807, 2.05) is 19.1 Å². The van der Waals surface area contributed by atoms with Gasteiger partial charge in [-0.1, -0.05) is 12.1 Å². The number of nitrogens with one attached hydrogen (secondary N) is 1. The van der Waals surface area contributed by atoms with E-state index >= 15 is 0 Å². The molecule has 3 N–H and O–H groups in total. The summed E-state index contributed by atoms with van der Waals surface area (Å²) in [6.45, 7) is 4.16. The van der Waals surface area contributed by atoms with Gasteiger partial charge in [-0.25, -0.2) is 0 Å². The summed E-state index contributed by atoms with van der Waals surface area (Å²) in [6, 6.07) is 7.27. The maximum Gasteiger partial charge on any atom is 0.251 e. The van der Waals surface area contributed by atoms with Crippen molar-refractivity contribution in [2.75, 3.05) is 19.8 Å². The number of amides is 1. The van der Waals surface area contributed by atoms with E-state index in [0.29, 0.717) is 31.9 Å². The molecular weight excluding hydrogens is 240 g/mol. The summed E-state index contributed by atoms with van der Waals surface area (Å²) in [4.78, 5) is 11.6. The van der Waals surface area contributed by atoms with Crippen molar-refractivity contribution in [3.63, 3.8) is 0 Å². The molecule has 5 heteroatoms. The maximum atomic E-state index is 11.6. The van der Waals surface area contributed by atoms with Crippen molar-refractivity contribution in [1.29, 1.82) is 0 Å². The highest BCUT2D eigenvalue weighted by molar-refractivity contribution is 5.94. The maximum absolute atomic E-state index is 11.6. The summed E-state index contributed by atoms with van der Waals surface area (Å²) in [5, 5.41) is 2.78. The first-order chi connectivity index (χ1) is 7.77. The van der Waals surface area contributed by atoms with Crippen LogP contribution in [-0.2, 0) is 11.3 Å². The molecule has 0 saturated carbocycles. The summed E-state index contributed by atoms with van der Waals surface area (Å²) in [5.74, 6) is -0.0803. The van der Waals surface area contributed by atoms with Gasteiger partial charge in [-0.05, 0) is 24.6 Å². The SMILES string of the molecule is CCOCCNC(=O)c1ccc(CN)cc1.Cl. The Hall–Kier alpha value is -1.10. The standard InChI is InChI=1S/C12H18N2O2.ClH/c1-2-16-8-7-14-12(15)11-5-3-10(9-13)4-6-11;/h3-6H,2,7-9,13H2,1H3,(H,14,15);1H. The van der Waals surface area contributed by atoms with E-state index in [1.165, 1.54) is 0 Å². The number of hydrogen-bond donors (Lipinski definition) is 2. The van der Waals surface area contributed by atoms with Crippen molar-refractivity contribution in [3.05, 3.63) is 35.4 Å². The largest absolute Gasteiger partial charge is 0.380 e. The molecule has 1 aromatic carbocycles. The number of rotatable bonds is 6. The fourth-order valence-electron chi connectivity index (χ4n) is 1.28. The second-order valence-electron chi connectivity index (χ2n) is 3.35. The molecule has 0 radical (unpaired) electrons. The molecule has 0 aliphatic heterocycles. The van der Waals surface area contributed by atoms with Gasteiger partial charge >= 0.3 is 0 Å². The molecule has 0 bridgehead atoms. The topological polar surface area (TPSA) is 64.3 Å². The molecule has 17 heavy (non-hydrogen) atoms. The third kappa shape index (κ3) is 5.68. The second kappa shape index (κ2) is 8.98. The normalized spacial score (nSPS) is 9.53. The van der Waals surface area contributed by atoms with Crippen LogP contribution >= 0.6 is 12.4 Å². The summed E-state index contributed by atoms with van der Waals surface area (Å²) in [5.41, 5.74) is 7.14. The molecule has 0 heterocycles. The van der Waals surface area contributed by atoms with E-state index in [4.69, 9.17) is 10.5 Å². The fraction of sp³-hybridized carbons (Fsp3) is 0.417. The van der Waals surface area contributed by atoms with Crippen LogP contribution in [0.3, 0.4) is 0 Å². The van der Waals surface area contributed by atoms with E-state index in [1.54, 1.807) is 12.1 Å². The van der Waals surface area contributed by atoms with Crippen LogP contribution in [0.2, 0.25) is 0 Å². The van der Waals surface area contributed by atoms with Crippen LogP contribution in [0.5, 0.6) is 0 Å². The molecule has 0 aromatic heterocycles. The van der Waals surface area contributed by atoms with Crippen molar-refractivity contribution in [2.45, 2.75) is 13.5 Å². The Morgan fingerprint density at radius 1 is 1.35 bits per heavy atom. The average molecular weight is 259 g/mol. The van der Waals surface area contributed by atoms with Crippen molar-refractivity contribution in [1.82, 2.24) is 5.32 Å². The van der Waals surface area contributed by atoms with Crippen molar-refractivity contribution in [2.24, 2.45) is 5.73 Å². The molecule has 96 valence electrons. The molecule has 1 aromatic rings. The van der Waals surface area contributed by atoms with Gasteiger partial charge in [-0.3, -0.25) is 4.79 Å². The Labute approximate surface area is 108 Å². The molecule has 0 saturated heterocycles. The van der Waals surface area contributed by atoms with Crippen LogP contribution in [0.25, 0.3) is 0 Å². The molecule has 0 aliphatic rings. The zero-order valence-electron chi connectivity index (χ0n) is 9.94. The third-order valence-electron chi connectivity index (χ3n) is 2.19. The molecular formula is C12H19ClN2O2. The Kier molecular flexibility index (Phi) is 8.40. The summed E-state index contributed by atoms with van der Waals surface area (Å²) in [6.07, 6.45) is 0. The third-order valence-corrected chi connectivity index (χ3v) is 2.19. The molecule has 4 nitrogen and oxygen atoms in total. The smallest absolute Gasteiger partial charge is 0.251 e. The van der Waals surface area contributed by atoms with Gasteiger partial charge in [0, 0.05) is 25.3 Å². The molecule has 0 atom stereocenters. The van der Waals surface area contributed by atoms with Gasteiger partial charge in [0.05, 0.1) is 6.61 Å². The molecule has 0 spiro atoms. The monoisotopic (exact) mass is 258 g/mol. The Balaban J connectivity index is 0.00000256. The van der Waals surface area contributed by atoms with Crippen molar-refractivity contribution < 1.29 is 9.53 Å². The lowest BCUT2D eigenvalue weighted by atomic mass is 10.1. The van der Waals surface area contributed by atoms with Crippen LogP contribution in [0.1, 0.15) is 22.8 Å². The van der Waals surface area contributed by atoms with Crippen LogP contribution in [0.4, 0.5) is 0 Å². The lowest BCUT2D eigenvalue weighted by molar-refractivity contribution is 0.0922. The van der Waals surface area contributed by atoms with Crippen molar-refractivity contribution >= 4 is 18.3 Å². The predicted molar refractivity (Wildman–Crippen MR) is 70.4 cm³/mol. The van der Waals surface area contributed by atoms with Gasteiger partial charge in [0.25, 0.3) is 5.91 Å². The highest BCUT2D eigenvalue weighted by Crippen LogP contribution is 2.03. The minimum absolute atomic E-state index is 0. The van der Waals surface area contributed by atoms with Gasteiger partial charge in [-0.2, -0.15) is 0 Å². The first kappa shape index (κ1) is 15.9. The van der Waals surface area contributed by atoms with Crippen LogP contribution in [0, 0.1) is 0 Å². The second-order valence-corrected chi connectivity index (χ2v) is 3.35. The van der Waals surface area contributed by atoms with E-state index in [2.05, 4.69) is 5.32 Å². The van der Waals surface area contributed by atoms with Gasteiger partial charge in [0.2, 0.25) is 0 Å². The molecule has 1 amide bonds. The molecule has 0 unspecified atom stereocenters. The molecule has 0 aliphatic carbocycles. The highest BCUT2D eigenvalue weighted by atomic mass is 35.5. The number of ether oxygens (including phenoxy) is 1. The number of benzene rings is 1. The minimum Gasteiger partial charge on any atom is -0.380 e. The van der Waals surface area contributed by atoms with E-state index in [9.17, 15) is 4.79 Å².